The Kier molecular flexibility index (Phi) is 3.94. The molecule has 0 saturated carbocycles. The largest absolute Gasteiger partial charge is 0.497 e. The fraction of sp³-hybridized carbons (Fsp3) is 0.385. The summed E-state index contributed by atoms with van der Waals surface area (Å²) in [6.07, 6.45) is 2.51. The van der Waals surface area contributed by atoms with Gasteiger partial charge >= 0.3 is 0 Å². The maximum Gasteiger partial charge on any atom is 0.118 e. The third kappa shape index (κ3) is 2.87. The number of benzene rings is 1. The average Bonchev–Trinajstić information content (AvgIpc) is 2.83. The average molecular weight is 247 g/mol. The predicted octanol–water partition coefficient (Wildman–Crippen LogP) is 1.49. The monoisotopic (exact) mass is 247 g/mol. The number of aromatic nitrogens is 3. The highest BCUT2D eigenvalue weighted by Crippen LogP contribution is 2.19. The van der Waals surface area contributed by atoms with Crippen molar-refractivity contribution in [3.63, 3.8) is 0 Å². The van der Waals surface area contributed by atoms with Gasteiger partial charge in [-0.05, 0) is 30.5 Å². The Morgan fingerprint density at radius 2 is 2.06 bits per heavy atom. The summed E-state index contributed by atoms with van der Waals surface area (Å²) in [5, 5.41) is 17.6. The van der Waals surface area contributed by atoms with E-state index in [4.69, 9.17) is 4.74 Å². The molecule has 0 aliphatic heterocycles. The molecule has 0 bridgehead atoms. The molecule has 0 spiro atoms. The first kappa shape index (κ1) is 12.6. The molecule has 1 heterocycles. The van der Waals surface area contributed by atoms with Crippen LogP contribution in [-0.4, -0.2) is 27.2 Å². The van der Waals surface area contributed by atoms with Crippen LogP contribution in [0.1, 0.15) is 23.8 Å². The van der Waals surface area contributed by atoms with Crippen LogP contribution in [0.4, 0.5) is 0 Å². The summed E-state index contributed by atoms with van der Waals surface area (Å²) in [7, 11) is 3.42. The Hall–Kier alpha value is -1.88. The standard InChI is InChI=1S/C13H17N3O2/c1-16-12(9-14-15-16)13(17)8-5-10-3-6-11(18-2)7-4-10/h3-4,6-7,9,13,17H,5,8H2,1-2H3. The van der Waals surface area contributed by atoms with E-state index < -0.39 is 6.10 Å². The number of methoxy groups -OCH3 is 1. The maximum atomic E-state index is 10.0. The lowest BCUT2D eigenvalue weighted by molar-refractivity contribution is 0.158. The molecule has 2 rings (SSSR count). The van der Waals surface area contributed by atoms with E-state index >= 15 is 0 Å². The molecule has 96 valence electrons. The molecule has 0 fully saturated rings. The first-order valence-electron chi connectivity index (χ1n) is 5.86. The molecule has 1 aromatic carbocycles. The number of rotatable bonds is 5. The third-order valence-corrected chi connectivity index (χ3v) is 2.96. The van der Waals surface area contributed by atoms with E-state index in [-0.39, 0.29) is 0 Å². The molecule has 1 unspecified atom stereocenters. The molecule has 0 aliphatic carbocycles. The highest BCUT2D eigenvalue weighted by molar-refractivity contribution is 5.27. The minimum Gasteiger partial charge on any atom is -0.497 e. The Morgan fingerprint density at radius 1 is 1.33 bits per heavy atom. The Labute approximate surface area is 106 Å². The molecule has 0 aliphatic rings. The summed E-state index contributed by atoms with van der Waals surface area (Å²) in [5.74, 6) is 0.843. The molecular weight excluding hydrogens is 230 g/mol. The SMILES string of the molecule is COc1ccc(CCC(O)c2cnnn2C)cc1. The zero-order valence-corrected chi connectivity index (χ0v) is 10.6. The number of aliphatic hydroxyl groups is 1. The minimum atomic E-state index is -0.535. The van der Waals surface area contributed by atoms with Crippen molar-refractivity contribution in [1.82, 2.24) is 15.0 Å². The highest BCUT2D eigenvalue weighted by Gasteiger charge is 2.12. The van der Waals surface area contributed by atoms with E-state index in [0.717, 1.165) is 17.9 Å². The van der Waals surface area contributed by atoms with E-state index in [1.54, 1.807) is 25.0 Å². The lowest BCUT2D eigenvalue weighted by Gasteiger charge is -2.10. The fourth-order valence-electron chi connectivity index (χ4n) is 1.84. The van der Waals surface area contributed by atoms with E-state index in [2.05, 4.69) is 10.3 Å². The molecule has 1 N–H and O–H groups in total. The van der Waals surface area contributed by atoms with Gasteiger partial charge in [-0.3, -0.25) is 0 Å². The minimum absolute atomic E-state index is 0.535. The second kappa shape index (κ2) is 5.64. The number of hydrogen-bond donors (Lipinski definition) is 1. The van der Waals surface area contributed by atoms with Crippen molar-refractivity contribution in [2.24, 2.45) is 7.05 Å². The van der Waals surface area contributed by atoms with Gasteiger partial charge in [0.25, 0.3) is 0 Å². The lowest BCUT2D eigenvalue weighted by atomic mass is 10.1. The summed E-state index contributed by atoms with van der Waals surface area (Å²) in [4.78, 5) is 0. The summed E-state index contributed by atoms with van der Waals surface area (Å²) in [6.45, 7) is 0. The van der Waals surface area contributed by atoms with Gasteiger partial charge in [-0.25, -0.2) is 4.68 Å². The van der Waals surface area contributed by atoms with Crippen molar-refractivity contribution in [1.29, 1.82) is 0 Å². The van der Waals surface area contributed by atoms with Gasteiger partial charge in [0.15, 0.2) is 0 Å². The molecule has 2 aromatic rings. The summed E-state index contributed by atoms with van der Waals surface area (Å²) < 4.78 is 6.70. The van der Waals surface area contributed by atoms with E-state index in [9.17, 15) is 5.11 Å². The topological polar surface area (TPSA) is 60.2 Å². The van der Waals surface area contributed by atoms with Gasteiger partial charge in [-0.1, -0.05) is 17.3 Å². The van der Waals surface area contributed by atoms with Crippen molar-refractivity contribution in [2.75, 3.05) is 7.11 Å². The zero-order chi connectivity index (χ0) is 13.0. The van der Waals surface area contributed by atoms with Gasteiger partial charge in [-0.15, -0.1) is 5.10 Å². The molecule has 5 nitrogen and oxygen atoms in total. The molecule has 5 heteroatoms. The van der Waals surface area contributed by atoms with Crippen molar-refractivity contribution in [3.05, 3.63) is 41.7 Å². The number of ether oxygens (including phenoxy) is 1. The van der Waals surface area contributed by atoms with Gasteiger partial charge in [0.05, 0.1) is 25.1 Å². The van der Waals surface area contributed by atoms with Crippen LogP contribution >= 0.6 is 0 Å². The van der Waals surface area contributed by atoms with E-state index in [1.165, 1.54) is 5.56 Å². The van der Waals surface area contributed by atoms with Crippen LogP contribution < -0.4 is 4.74 Å². The van der Waals surface area contributed by atoms with Crippen LogP contribution in [-0.2, 0) is 13.5 Å². The van der Waals surface area contributed by atoms with Gasteiger partial charge in [0, 0.05) is 7.05 Å². The lowest BCUT2D eigenvalue weighted by Crippen LogP contribution is -2.06. The van der Waals surface area contributed by atoms with Crippen LogP contribution in [0.2, 0.25) is 0 Å². The Balaban J connectivity index is 1.93. The first-order valence-corrected chi connectivity index (χ1v) is 5.86. The van der Waals surface area contributed by atoms with E-state index in [1.807, 2.05) is 24.3 Å². The Bertz CT molecular complexity index is 493. The maximum absolute atomic E-state index is 10.0. The van der Waals surface area contributed by atoms with Crippen molar-refractivity contribution < 1.29 is 9.84 Å². The van der Waals surface area contributed by atoms with Crippen LogP contribution in [0.5, 0.6) is 5.75 Å². The number of hydrogen-bond acceptors (Lipinski definition) is 4. The highest BCUT2D eigenvalue weighted by atomic mass is 16.5. The molecule has 0 radical (unpaired) electrons. The van der Waals surface area contributed by atoms with Crippen molar-refractivity contribution in [3.8, 4) is 5.75 Å². The number of nitrogens with zero attached hydrogens (tertiary/aromatic N) is 3. The predicted molar refractivity (Wildman–Crippen MR) is 67.3 cm³/mol. The zero-order valence-electron chi connectivity index (χ0n) is 10.6. The summed E-state index contributed by atoms with van der Waals surface area (Å²) >= 11 is 0. The molecule has 0 saturated heterocycles. The summed E-state index contributed by atoms with van der Waals surface area (Å²) in [6, 6.07) is 7.86. The van der Waals surface area contributed by atoms with Gasteiger partial charge < -0.3 is 9.84 Å². The van der Waals surface area contributed by atoms with Gasteiger partial charge in [-0.2, -0.15) is 0 Å². The molecular formula is C13H17N3O2. The van der Waals surface area contributed by atoms with Gasteiger partial charge in [0.1, 0.15) is 5.75 Å². The number of aryl methyl sites for hydroxylation is 2. The van der Waals surface area contributed by atoms with Crippen molar-refractivity contribution >= 4 is 0 Å². The quantitative estimate of drug-likeness (QED) is 0.869. The number of aliphatic hydroxyl groups excluding tert-OH is 1. The van der Waals surface area contributed by atoms with Crippen LogP contribution in [0, 0.1) is 0 Å². The van der Waals surface area contributed by atoms with E-state index in [0.29, 0.717) is 6.42 Å². The second-order valence-electron chi connectivity index (χ2n) is 4.19. The first-order chi connectivity index (χ1) is 8.70. The summed E-state index contributed by atoms with van der Waals surface area (Å²) in [5.41, 5.74) is 1.91. The second-order valence-corrected chi connectivity index (χ2v) is 4.19. The fourth-order valence-corrected chi connectivity index (χ4v) is 1.84. The molecule has 1 atom stereocenters. The van der Waals surface area contributed by atoms with Gasteiger partial charge in [0.2, 0.25) is 0 Å². The smallest absolute Gasteiger partial charge is 0.118 e. The molecule has 0 amide bonds. The van der Waals surface area contributed by atoms with Crippen LogP contribution in [0.15, 0.2) is 30.5 Å². The molecule has 1 aromatic heterocycles. The molecule has 18 heavy (non-hydrogen) atoms. The normalized spacial score (nSPS) is 12.4. The van der Waals surface area contributed by atoms with Crippen molar-refractivity contribution in [2.45, 2.75) is 18.9 Å². The van der Waals surface area contributed by atoms with Crippen LogP contribution in [0.25, 0.3) is 0 Å². The Morgan fingerprint density at radius 3 is 2.61 bits per heavy atom. The third-order valence-electron chi connectivity index (χ3n) is 2.96. The van der Waals surface area contributed by atoms with Crippen LogP contribution in [0.3, 0.4) is 0 Å².